The Hall–Kier alpha value is -2.64. The first kappa shape index (κ1) is 27.4. The van der Waals surface area contributed by atoms with Gasteiger partial charge in [0, 0.05) is 19.5 Å². The van der Waals surface area contributed by atoms with Crippen LogP contribution in [-0.2, 0) is 32.9 Å². The van der Waals surface area contributed by atoms with Gasteiger partial charge in [0.1, 0.15) is 12.4 Å². The van der Waals surface area contributed by atoms with Crippen LogP contribution in [0.2, 0.25) is 0 Å². The monoisotopic (exact) mass is 469 g/mol. The fraction of sp³-hybridized carbons (Fsp3) is 0.500. The normalized spacial score (nSPS) is 13.6. The van der Waals surface area contributed by atoms with Crippen molar-refractivity contribution in [2.24, 2.45) is 5.41 Å². The lowest BCUT2D eigenvalue weighted by Gasteiger charge is -2.21. The van der Waals surface area contributed by atoms with Gasteiger partial charge in [-0.25, -0.2) is 4.57 Å². The van der Waals surface area contributed by atoms with Crippen LogP contribution >= 0.6 is 7.60 Å². The fourth-order valence-corrected chi connectivity index (χ4v) is 3.59. The number of benzene rings is 1. The average Bonchev–Trinajstić information content (AvgIpc) is 2.66. The van der Waals surface area contributed by atoms with E-state index < -0.39 is 31.7 Å². The van der Waals surface area contributed by atoms with Crippen LogP contribution in [0.4, 0.5) is 5.69 Å². The molecule has 0 bridgehead atoms. The zero-order chi connectivity index (χ0) is 24.4. The summed E-state index contributed by atoms with van der Waals surface area (Å²) in [7, 11) is -3.70. The summed E-state index contributed by atoms with van der Waals surface area (Å²) in [6.45, 7) is 9.18. The predicted molar refractivity (Wildman–Crippen MR) is 120 cm³/mol. The van der Waals surface area contributed by atoms with Crippen LogP contribution in [-0.4, -0.2) is 37.4 Å². The molecule has 0 saturated carbocycles. The third-order valence-electron chi connectivity index (χ3n) is 3.87. The van der Waals surface area contributed by atoms with Gasteiger partial charge in [-0.15, -0.1) is 0 Å². The van der Waals surface area contributed by atoms with Crippen molar-refractivity contribution in [1.29, 1.82) is 0 Å². The number of ether oxygens (including phenoxy) is 2. The number of hydrogen-bond acceptors (Lipinski definition) is 8. The molecule has 0 fully saturated rings. The Morgan fingerprint density at radius 3 is 2.19 bits per heavy atom. The minimum atomic E-state index is -3.70. The van der Waals surface area contributed by atoms with Crippen LogP contribution in [0.1, 0.15) is 48.0 Å². The van der Waals surface area contributed by atoms with E-state index in [1.807, 2.05) is 0 Å². The maximum Gasteiger partial charge on any atom is 0.382 e. The van der Waals surface area contributed by atoms with Crippen LogP contribution < -0.4 is 9.84 Å². The molecule has 0 aliphatic carbocycles. The lowest BCUT2D eigenvalue weighted by molar-refractivity contribution is -0.159. The second kappa shape index (κ2) is 12.4. The summed E-state index contributed by atoms with van der Waals surface area (Å²) < 4.78 is 34.3. The van der Waals surface area contributed by atoms with Gasteiger partial charge in [0.15, 0.2) is 0 Å². The fourth-order valence-electron chi connectivity index (χ4n) is 2.22. The Bertz CT molecular complexity index is 871. The van der Waals surface area contributed by atoms with Crippen LogP contribution in [0.15, 0.2) is 35.9 Å². The van der Waals surface area contributed by atoms with E-state index >= 15 is 0 Å². The van der Waals surface area contributed by atoms with Crippen molar-refractivity contribution in [3.63, 3.8) is 0 Å². The molecule has 0 saturated heterocycles. The zero-order valence-electron chi connectivity index (χ0n) is 19.4. The molecule has 32 heavy (non-hydrogen) atoms. The van der Waals surface area contributed by atoms with Gasteiger partial charge in [-0.1, -0.05) is 6.08 Å². The van der Waals surface area contributed by atoms with Gasteiger partial charge in [0.25, 0.3) is 0 Å². The molecule has 0 radical (unpaired) electrons. The quantitative estimate of drug-likeness (QED) is 0.215. The van der Waals surface area contributed by atoms with E-state index in [1.54, 1.807) is 58.0 Å². The van der Waals surface area contributed by atoms with Gasteiger partial charge < -0.3 is 19.3 Å². The minimum absolute atomic E-state index is 0.00489. The van der Waals surface area contributed by atoms with Crippen LogP contribution in [0, 0.1) is 5.41 Å². The van der Waals surface area contributed by atoms with E-state index in [4.69, 9.17) is 18.5 Å². The summed E-state index contributed by atoms with van der Waals surface area (Å²) in [5.74, 6) is -0.839. The molecular weight excluding hydrogens is 437 g/mol. The first-order chi connectivity index (χ1) is 14.8. The number of hydrogen-bond donors (Lipinski definition) is 1. The van der Waals surface area contributed by atoms with E-state index in [2.05, 4.69) is 5.32 Å². The summed E-state index contributed by atoms with van der Waals surface area (Å²) in [5, 5.41) is 2.63. The summed E-state index contributed by atoms with van der Waals surface area (Å²) >= 11 is 0. The topological polar surface area (TPSA) is 117 Å². The Labute approximate surface area is 189 Å². The number of esters is 2. The van der Waals surface area contributed by atoms with Gasteiger partial charge in [0.2, 0.25) is 12.7 Å². The van der Waals surface area contributed by atoms with Crippen molar-refractivity contribution in [3.05, 3.63) is 35.9 Å². The molecule has 1 N–H and O–H groups in total. The molecule has 0 aliphatic rings. The number of nitrogens with one attached hydrogen (secondary N) is 1. The number of rotatable bonds is 11. The Morgan fingerprint density at radius 2 is 1.66 bits per heavy atom. The molecule has 0 aromatic heterocycles. The molecular formula is C22H32NO8P. The van der Waals surface area contributed by atoms with Crippen LogP contribution in [0.3, 0.4) is 0 Å². The van der Waals surface area contributed by atoms with Gasteiger partial charge in [0.05, 0.1) is 11.6 Å². The molecule has 1 atom stereocenters. The number of carbonyl (C=O) groups is 3. The molecule has 1 rings (SSSR count). The Morgan fingerprint density at radius 1 is 1.03 bits per heavy atom. The predicted octanol–water partition coefficient (Wildman–Crippen LogP) is 4.68. The lowest BCUT2D eigenvalue weighted by atomic mass is 9.98. The van der Waals surface area contributed by atoms with Crippen molar-refractivity contribution < 1.29 is 37.5 Å². The van der Waals surface area contributed by atoms with Crippen molar-refractivity contribution in [2.45, 2.75) is 48.0 Å². The molecule has 9 nitrogen and oxygen atoms in total. The Balaban J connectivity index is 2.85. The van der Waals surface area contributed by atoms with Gasteiger partial charge in [-0.2, -0.15) is 0 Å². The van der Waals surface area contributed by atoms with E-state index in [-0.39, 0.29) is 24.4 Å². The number of allylic oxidation sites excluding steroid dienone is 1. The highest BCUT2D eigenvalue weighted by Gasteiger charge is 2.28. The molecule has 0 spiro atoms. The third kappa shape index (κ3) is 11.1. The Kier molecular flexibility index (Phi) is 10.6. The summed E-state index contributed by atoms with van der Waals surface area (Å²) in [4.78, 5) is 34.0. The van der Waals surface area contributed by atoms with Crippen molar-refractivity contribution in [1.82, 2.24) is 0 Å². The second-order valence-corrected chi connectivity index (χ2v) is 10.3. The zero-order valence-corrected chi connectivity index (χ0v) is 20.3. The van der Waals surface area contributed by atoms with E-state index in [0.29, 0.717) is 12.1 Å². The van der Waals surface area contributed by atoms with E-state index in [1.165, 1.54) is 13.8 Å². The molecule has 0 heterocycles. The third-order valence-corrected chi connectivity index (χ3v) is 5.66. The summed E-state index contributed by atoms with van der Waals surface area (Å²) in [6, 6.07) is 6.29. The van der Waals surface area contributed by atoms with Crippen molar-refractivity contribution in [2.75, 3.05) is 24.9 Å². The summed E-state index contributed by atoms with van der Waals surface area (Å²) in [6.07, 6.45) is 2.09. The standard InChI is InChI=1S/C22H32NO8P/c1-16(14-28-18(3)25)8-7-13-32(27,30-15-29-21(26)22(4,5)6)31-20-11-9-19(10-12-20)23-17(2)24/h8-12H,7,13-15H2,1-6H3,(H,23,24)/b16-8+. The molecule has 1 amide bonds. The first-order valence-corrected chi connectivity index (χ1v) is 11.8. The maximum absolute atomic E-state index is 13.3. The number of carbonyl (C=O) groups excluding carboxylic acids is 3. The largest absolute Gasteiger partial charge is 0.461 e. The van der Waals surface area contributed by atoms with Gasteiger partial charge >= 0.3 is 19.5 Å². The van der Waals surface area contributed by atoms with Gasteiger partial charge in [-0.05, 0) is 64.0 Å². The molecule has 0 aliphatic heterocycles. The molecule has 1 aromatic carbocycles. The number of amides is 1. The van der Waals surface area contributed by atoms with E-state index in [0.717, 1.165) is 5.57 Å². The van der Waals surface area contributed by atoms with E-state index in [9.17, 15) is 18.9 Å². The first-order valence-electron chi connectivity index (χ1n) is 10.1. The SMILES string of the molecule is CC(=O)Nc1ccc(OP(=O)(CC/C=C(\C)COC(C)=O)OCOC(=O)C(C)(C)C)cc1. The molecule has 1 aromatic rings. The second-order valence-electron chi connectivity index (χ2n) is 8.18. The molecule has 10 heteroatoms. The number of anilines is 1. The maximum atomic E-state index is 13.3. The highest BCUT2D eigenvalue weighted by atomic mass is 31.2. The molecule has 1 unspecified atom stereocenters. The van der Waals surface area contributed by atoms with Crippen molar-refractivity contribution in [3.8, 4) is 5.75 Å². The highest BCUT2D eigenvalue weighted by Crippen LogP contribution is 2.49. The average molecular weight is 469 g/mol. The van der Waals surface area contributed by atoms with Crippen molar-refractivity contribution >= 4 is 31.1 Å². The lowest BCUT2D eigenvalue weighted by Crippen LogP contribution is -2.24. The van der Waals surface area contributed by atoms with Crippen LogP contribution in [0.5, 0.6) is 5.75 Å². The smallest absolute Gasteiger partial charge is 0.382 e. The van der Waals surface area contributed by atoms with Gasteiger partial charge in [-0.3, -0.25) is 18.9 Å². The summed E-state index contributed by atoms with van der Waals surface area (Å²) in [5.41, 5.74) is 0.610. The van der Waals surface area contributed by atoms with Crippen LogP contribution in [0.25, 0.3) is 0 Å². The minimum Gasteiger partial charge on any atom is -0.461 e. The highest BCUT2D eigenvalue weighted by molar-refractivity contribution is 7.54. The molecule has 178 valence electrons.